The fraction of sp³-hybridized carbons (Fsp3) is 0.562. The summed E-state index contributed by atoms with van der Waals surface area (Å²) in [6.07, 6.45) is 3.31. The molecule has 1 N–H and O–H groups in total. The third-order valence-corrected chi connectivity index (χ3v) is 3.97. The SMILES string of the molecule is CC1CCCN(CC(=O)NCCc2cccc(Cl)c2)C1. The summed E-state index contributed by atoms with van der Waals surface area (Å²) < 4.78 is 0. The molecule has 1 aliphatic heterocycles. The first-order chi connectivity index (χ1) is 9.63. The topological polar surface area (TPSA) is 32.3 Å². The molecule has 0 saturated carbocycles. The molecule has 3 nitrogen and oxygen atoms in total. The third kappa shape index (κ3) is 5.14. The van der Waals surface area contributed by atoms with Crippen LogP contribution in [0.4, 0.5) is 0 Å². The van der Waals surface area contributed by atoms with Crippen LogP contribution in [0.15, 0.2) is 24.3 Å². The average Bonchev–Trinajstić information content (AvgIpc) is 2.38. The standard InChI is InChI=1S/C16H23ClN2O/c1-13-4-3-9-19(11-13)12-16(20)18-8-7-14-5-2-6-15(17)10-14/h2,5-6,10,13H,3-4,7-9,11-12H2,1H3,(H,18,20). The van der Waals surface area contributed by atoms with Crippen molar-refractivity contribution < 1.29 is 4.79 Å². The normalized spacial score (nSPS) is 19.8. The van der Waals surface area contributed by atoms with E-state index in [9.17, 15) is 4.79 Å². The Morgan fingerprint density at radius 2 is 2.35 bits per heavy atom. The summed E-state index contributed by atoms with van der Waals surface area (Å²) in [6, 6.07) is 7.78. The second-order valence-corrected chi connectivity index (χ2v) is 6.15. The molecule has 1 saturated heterocycles. The first-order valence-electron chi connectivity index (χ1n) is 7.37. The van der Waals surface area contributed by atoms with Gasteiger partial charge in [0.1, 0.15) is 0 Å². The molecule has 0 spiro atoms. The molecule has 1 aliphatic rings. The molecular formula is C16H23ClN2O. The molecule has 1 aromatic carbocycles. The molecule has 1 amide bonds. The van der Waals surface area contributed by atoms with Crippen LogP contribution in [0.25, 0.3) is 0 Å². The molecule has 0 radical (unpaired) electrons. The highest BCUT2D eigenvalue weighted by molar-refractivity contribution is 6.30. The molecule has 1 fully saturated rings. The zero-order valence-electron chi connectivity index (χ0n) is 12.1. The fourth-order valence-corrected chi connectivity index (χ4v) is 2.94. The minimum atomic E-state index is 0.126. The minimum absolute atomic E-state index is 0.126. The quantitative estimate of drug-likeness (QED) is 0.906. The van der Waals surface area contributed by atoms with E-state index in [0.29, 0.717) is 19.0 Å². The van der Waals surface area contributed by atoms with E-state index in [4.69, 9.17) is 11.6 Å². The van der Waals surface area contributed by atoms with Gasteiger partial charge < -0.3 is 5.32 Å². The number of nitrogens with zero attached hydrogens (tertiary/aromatic N) is 1. The third-order valence-electron chi connectivity index (χ3n) is 3.73. The zero-order chi connectivity index (χ0) is 14.4. The molecule has 2 rings (SSSR count). The summed E-state index contributed by atoms with van der Waals surface area (Å²) in [5.74, 6) is 0.837. The van der Waals surface area contributed by atoms with Crippen LogP contribution in [0.2, 0.25) is 5.02 Å². The molecule has 4 heteroatoms. The van der Waals surface area contributed by atoms with Gasteiger partial charge in [-0.1, -0.05) is 30.7 Å². The summed E-state index contributed by atoms with van der Waals surface area (Å²) in [4.78, 5) is 14.1. The molecule has 20 heavy (non-hydrogen) atoms. The highest BCUT2D eigenvalue weighted by Crippen LogP contribution is 2.14. The number of piperidine rings is 1. The Bertz CT molecular complexity index is 450. The Kier molecular flexibility index (Phi) is 5.86. The van der Waals surface area contributed by atoms with Crippen LogP contribution in [0.5, 0.6) is 0 Å². The predicted octanol–water partition coefficient (Wildman–Crippen LogP) is 2.73. The van der Waals surface area contributed by atoms with E-state index in [1.54, 1.807) is 0 Å². The van der Waals surface area contributed by atoms with Crippen molar-refractivity contribution in [3.8, 4) is 0 Å². The van der Waals surface area contributed by atoms with Gasteiger partial charge in [-0.3, -0.25) is 9.69 Å². The molecular weight excluding hydrogens is 272 g/mol. The first kappa shape index (κ1) is 15.3. The van der Waals surface area contributed by atoms with E-state index >= 15 is 0 Å². The first-order valence-corrected chi connectivity index (χ1v) is 7.75. The van der Waals surface area contributed by atoms with Gasteiger partial charge in [0, 0.05) is 18.1 Å². The number of halogens is 1. The number of nitrogens with one attached hydrogen (secondary N) is 1. The molecule has 0 aromatic heterocycles. The summed E-state index contributed by atoms with van der Waals surface area (Å²) in [7, 11) is 0. The maximum atomic E-state index is 11.9. The molecule has 0 aliphatic carbocycles. The van der Waals surface area contributed by atoms with Crippen molar-refractivity contribution in [3.05, 3.63) is 34.9 Å². The van der Waals surface area contributed by atoms with Gasteiger partial charge in [-0.15, -0.1) is 0 Å². The number of amides is 1. The van der Waals surface area contributed by atoms with Gasteiger partial charge in [-0.25, -0.2) is 0 Å². The highest BCUT2D eigenvalue weighted by atomic mass is 35.5. The monoisotopic (exact) mass is 294 g/mol. The lowest BCUT2D eigenvalue weighted by molar-refractivity contribution is -0.122. The van der Waals surface area contributed by atoms with Crippen LogP contribution in [-0.2, 0) is 11.2 Å². The lowest BCUT2D eigenvalue weighted by Gasteiger charge is -2.30. The van der Waals surface area contributed by atoms with E-state index in [-0.39, 0.29) is 5.91 Å². The smallest absolute Gasteiger partial charge is 0.234 e. The Morgan fingerprint density at radius 3 is 3.10 bits per heavy atom. The Labute approximate surface area is 126 Å². The van der Waals surface area contributed by atoms with Gasteiger partial charge in [0.2, 0.25) is 5.91 Å². The van der Waals surface area contributed by atoms with Crippen LogP contribution in [-0.4, -0.2) is 37.0 Å². The molecule has 0 bridgehead atoms. The fourth-order valence-electron chi connectivity index (χ4n) is 2.73. The van der Waals surface area contributed by atoms with Crippen molar-refractivity contribution in [1.82, 2.24) is 10.2 Å². The molecule has 110 valence electrons. The second kappa shape index (κ2) is 7.65. The largest absolute Gasteiger partial charge is 0.355 e. The van der Waals surface area contributed by atoms with E-state index < -0.39 is 0 Å². The molecule has 1 heterocycles. The summed E-state index contributed by atoms with van der Waals surface area (Å²) in [5.41, 5.74) is 1.16. The van der Waals surface area contributed by atoms with Crippen molar-refractivity contribution in [3.63, 3.8) is 0 Å². The number of rotatable bonds is 5. The van der Waals surface area contributed by atoms with E-state index in [1.165, 1.54) is 12.8 Å². The zero-order valence-corrected chi connectivity index (χ0v) is 12.8. The number of benzene rings is 1. The lowest BCUT2D eigenvalue weighted by atomic mass is 10.0. The number of hydrogen-bond donors (Lipinski definition) is 1. The van der Waals surface area contributed by atoms with Crippen LogP contribution < -0.4 is 5.32 Å². The maximum absolute atomic E-state index is 11.9. The highest BCUT2D eigenvalue weighted by Gasteiger charge is 2.18. The lowest BCUT2D eigenvalue weighted by Crippen LogP contribution is -2.42. The minimum Gasteiger partial charge on any atom is -0.355 e. The molecule has 1 atom stereocenters. The number of likely N-dealkylation sites (tertiary alicyclic amines) is 1. The van der Waals surface area contributed by atoms with Gasteiger partial charge in [0.15, 0.2) is 0 Å². The van der Waals surface area contributed by atoms with Gasteiger partial charge >= 0.3 is 0 Å². The van der Waals surface area contributed by atoms with Crippen LogP contribution in [0, 0.1) is 5.92 Å². The number of carbonyl (C=O) groups is 1. The molecule has 1 unspecified atom stereocenters. The number of carbonyl (C=O) groups excluding carboxylic acids is 1. The van der Waals surface area contributed by atoms with Crippen molar-refractivity contribution in [1.29, 1.82) is 0 Å². The summed E-state index contributed by atoms with van der Waals surface area (Å²) in [5, 5.41) is 3.74. The average molecular weight is 295 g/mol. The predicted molar refractivity (Wildman–Crippen MR) is 83.0 cm³/mol. The van der Waals surface area contributed by atoms with Gasteiger partial charge in [-0.2, -0.15) is 0 Å². The summed E-state index contributed by atoms with van der Waals surface area (Å²) >= 11 is 5.93. The Balaban J connectivity index is 1.67. The van der Waals surface area contributed by atoms with Crippen molar-refractivity contribution in [2.24, 2.45) is 5.92 Å². The Morgan fingerprint density at radius 1 is 1.50 bits per heavy atom. The van der Waals surface area contributed by atoms with Crippen molar-refractivity contribution >= 4 is 17.5 Å². The van der Waals surface area contributed by atoms with Gasteiger partial charge in [-0.05, 0) is 49.4 Å². The van der Waals surface area contributed by atoms with Gasteiger partial charge in [0.05, 0.1) is 6.54 Å². The van der Waals surface area contributed by atoms with Crippen molar-refractivity contribution in [2.75, 3.05) is 26.2 Å². The Hall–Kier alpha value is -1.06. The maximum Gasteiger partial charge on any atom is 0.234 e. The second-order valence-electron chi connectivity index (χ2n) is 5.71. The van der Waals surface area contributed by atoms with Crippen LogP contribution in [0.3, 0.4) is 0 Å². The van der Waals surface area contributed by atoms with Crippen molar-refractivity contribution in [2.45, 2.75) is 26.2 Å². The molecule has 1 aromatic rings. The van der Waals surface area contributed by atoms with E-state index in [2.05, 4.69) is 17.1 Å². The van der Waals surface area contributed by atoms with Crippen LogP contribution in [0.1, 0.15) is 25.3 Å². The van der Waals surface area contributed by atoms with Gasteiger partial charge in [0.25, 0.3) is 0 Å². The number of hydrogen-bond acceptors (Lipinski definition) is 2. The summed E-state index contributed by atoms with van der Waals surface area (Å²) in [6.45, 7) is 5.54. The van der Waals surface area contributed by atoms with Crippen LogP contribution >= 0.6 is 11.6 Å². The van der Waals surface area contributed by atoms with E-state index in [0.717, 1.165) is 30.1 Å². The van der Waals surface area contributed by atoms with E-state index in [1.807, 2.05) is 24.3 Å².